The Morgan fingerprint density at radius 2 is 2.04 bits per heavy atom. The summed E-state index contributed by atoms with van der Waals surface area (Å²) in [7, 11) is 0. The number of hydrogen-bond acceptors (Lipinski definition) is 4. The number of anilines is 1. The van der Waals surface area contributed by atoms with Crippen LogP contribution >= 0.6 is 33.9 Å². The predicted octanol–water partition coefficient (Wildman–Crippen LogP) is 3.42. The van der Waals surface area contributed by atoms with Crippen LogP contribution in [0.25, 0.3) is 0 Å². The quantitative estimate of drug-likeness (QED) is 0.410. The van der Waals surface area contributed by atoms with Gasteiger partial charge in [-0.1, -0.05) is 12.1 Å². The van der Waals surface area contributed by atoms with E-state index in [1.807, 2.05) is 41.8 Å². The lowest BCUT2D eigenvalue weighted by molar-refractivity contribution is -0.120. The topological polar surface area (TPSA) is 70.6 Å². The molecule has 0 radical (unpaired) electrons. The van der Waals surface area contributed by atoms with Gasteiger partial charge in [0, 0.05) is 19.8 Å². The molecule has 0 saturated carbocycles. The van der Waals surface area contributed by atoms with E-state index in [0.29, 0.717) is 12.1 Å². The fourth-order valence-corrected chi connectivity index (χ4v) is 3.06. The lowest BCUT2D eigenvalue weighted by Crippen LogP contribution is -2.22. The molecular formula is C16H16IN3O2S. The van der Waals surface area contributed by atoms with Crippen molar-refractivity contribution in [2.75, 3.05) is 5.32 Å². The van der Waals surface area contributed by atoms with Crippen LogP contribution in [0.4, 0.5) is 5.69 Å². The minimum absolute atomic E-state index is 0.130. The van der Waals surface area contributed by atoms with Gasteiger partial charge in [0.1, 0.15) is 0 Å². The first-order valence-corrected chi connectivity index (χ1v) is 8.88. The van der Waals surface area contributed by atoms with Crippen molar-refractivity contribution in [1.29, 1.82) is 0 Å². The van der Waals surface area contributed by atoms with E-state index in [9.17, 15) is 9.59 Å². The molecule has 1 aromatic carbocycles. The number of hydrazone groups is 1. The number of amides is 2. The molecule has 0 spiro atoms. The molecule has 5 nitrogen and oxygen atoms in total. The molecule has 2 rings (SSSR count). The summed E-state index contributed by atoms with van der Waals surface area (Å²) >= 11 is 3.71. The molecular weight excluding hydrogens is 425 g/mol. The second-order valence-corrected chi connectivity index (χ2v) is 7.15. The highest BCUT2D eigenvalue weighted by Crippen LogP contribution is 2.12. The van der Waals surface area contributed by atoms with Crippen molar-refractivity contribution < 1.29 is 9.59 Å². The highest BCUT2D eigenvalue weighted by atomic mass is 127. The zero-order chi connectivity index (χ0) is 16.7. The first-order valence-electron chi connectivity index (χ1n) is 6.93. The highest BCUT2D eigenvalue weighted by molar-refractivity contribution is 14.1. The number of thiophene rings is 1. The summed E-state index contributed by atoms with van der Waals surface area (Å²) in [5, 5.41) is 8.69. The third kappa shape index (κ3) is 6.49. The summed E-state index contributed by atoms with van der Waals surface area (Å²) in [6.07, 6.45) is 0.424. The van der Waals surface area contributed by atoms with Crippen LogP contribution in [0.5, 0.6) is 0 Å². The molecule has 0 bridgehead atoms. The minimum atomic E-state index is -0.190. The zero-order valence-corrected chi connectivity index (χ0v) is 15.5. The molecule has 23 heavy (non-hydrogen) atoms. The second-order valence-electron chi connectivity index (χ2n) is 4.87. The largest absolute Gasteiger partial charge is 0.326 e. The van der Waals surface area contributed by atoms with Crippen molar-refractivity contribution in [3.05, 3.63) is 50.2 Å². The molecule has 1 heterocycles. The monoisotopic (exact) mass is 441 g/mol. The maximum absolute atomic E-state index is 11.9. The van der Waals surface area contributed by atoms with E-state index in [2.05, 4.69) is 38.4 Å². The summed E-state index contributed by atoms with van der Waals surface area (Å²) in [5.74, 6) is -0.356. The number of benzene rings is 1. The fraction of sp³-hybridized carbons (Fsp3) is 0.188. The molecule has 2 amide bonds. The smallest absolute Gasteiger partial charge is 0.245 e. The number of nitrogens with one attached hydrogen (secondary N) is 2. The second kappa shape index (κ2) is 8.78. The number of rotatable bonds is 6. The van der Waals surface area contributed by atoms with E-state index in [0.717, 1.165) is 14.1 Å². The lowest BCUT2D eigenvalue weighted by Gasteiger charge is -2.06. The molecule has 2 N–H and O–H groups in total. The number of nitrogens with zero attached hydrogens (tertiary/aromatic N) is 1. The molecule has 0 atom stereocenters. The van der Waals surface area contributed by atoms with Crippen LogP contribution in [0, 0.1) is 3.57 Å². The van der Waals surface area contributed by atoms with Crippen LogP contribution in [-0.4, -0.2) is 17.5 Å². The molecule has 0 aliphatic rings. The van der Waals surface area contributed by atoms with Gasteiger partial charge in [0.2, 0.25) is 11.8 Å². The van der Waals surface area contributed by atoms with Gasteiger partial charge in [0.15, 0.2) is 0 Å². The van der Waals surface area contributed by atoms with Crippen LogP contribution in [0.15, 0.2) is 46.9 Å². The summed E-state index contributed by atoms with van der Waals surface area (Å²) < 4.78 is 1.05. The Hall–Kier alpha value is -1.74. The van der Waals surface area contributed by atoms with E-state index in [4.69, 9.17) is 0 Å². The van der Waals surface area contributed by atoms with Gasteiger partial charge in [-0.3, -0.25) is 9.59 Å². The lowest BCUT2D eigenvalue weighted by atomic mass is 10.2. The van der Waals surface area contributed by atoms with Gasteiger partial charge in [-0.05, 0) is 59.2 Å². The van der Waals surface area contributed by atoms with Crippen molar-refractivity contribution in [1.82, 2.24) is 5.43 Å². The third-order valence-corrected chi connectivity index (χ3v) is 4.36. The van der Waals surface area contributed by atoms with E-state index in [1.165, 1.54) is 11.3 Å². The number of halogens is 1. The van der Waals surface area contributed by atoms with Crippen LogP contribution in [-0.2, 0) is 16.0 Å². The Kier molecular flexibility index (Phi) is 6.72. The van der Waals surface area contributed by atoms with Crippen LogP contribution in [0.2, 0.25) is 0 Å². The van der Waals surface area contributed by atoms with Crippen molar-refractivity contribution in [3.63, 3.8) is 0 Å². The number of carbonyl (C=O) groups excluding carboxylic acids is 2. The maximum atomic E-state index is 11.9. The fourth-order valence-electron chi connectivity index (χ4n) is 1.81. The van der Waals surface area contributed by atoms with Gasteiger partial charge in [-0.25, -0.2) is 5.43 Å². The Bertz CT molecular complexity index is 714. The maximum Gasteiger partial charge on any atom is 0.245 e. The van der Waals surface area contributed by atoms with E-state index in [1.54, 1.807) is 6.92 Å². The van der Waals surface area contributed by atoms with Crippen LogP contribution in [0.1, 0.15) is 18.2 Å². The predicted molar refractivity (Wildman–Crippen MR) is 102 cm³/mol. The minimum Gasteiger partial charge on any atom is -0.326 e. The first kappa shape index (κ1) is 17.6. The first-order chi connectivity index (χ1) is 11.0. The summed E-state index contributed by atoms with van der Waals surface area (Å²) in [6, 6.07) is 11.3. The van der Waals surface area contributed by atoms with Crippen molar-refractivity contribution in [2.45, 2.75) is 19.8 Å². The van der Waals surface area contributed by atoms with E-state index in [-0.39, 0.29) is 18.2 Å². The van der Waals surface area contributed by atoms with Gasteiger partial charge in [0.25, 0.3) is 0 Å². The summed E-state index contributed by atoms with van der Waals surface area (Å²) in [6.45, 7) is 1.71. The standard InChI is InChI=1S/C16H16IN3O2S/c1-11(19-20-16(22)10-14-6-3-7-23-14)8-15(21)18-13-5-2-4-12(17)9-13/h2-7,9H,8,10H2,1H3,(H,18,21)(H,20,22). The van der Waals surface area contributed by atoms with Gasteiger partial charge in [0.05, 0.1) is 12.8 Å². The van der Waals surface area contributed by atoms with E-state index < -0.39 is 0 Å². The zero-order valence-electron chi connectivity index (χ0n) is 12.5. The Labute approximate surface area is 152 Å². The Morgan fingerprint density at radius 1 is 1.22 bits per heavy atom. The molecule has 0 saturated heterocycles. The van der Waals surface area contributed by atoms with Crippen LogP contribution < -0.4 is 10.7 Å². The van der Waals surface area contributed by atoms with Gasteiger partial charge < -0.3 is 5.32 Å². The molecule has 120 valence electrons. The van der Waals surface area contributed by atoms with Crippen molar-refractivity contribution >= 4 is 57.1 Å². The van der Waals surface area contributed by atoms with Crippen LogP contribution in [0.3, 0.4) is 0 Å². The Morgan fingerprint density at radius 3 is 2.74 bits per heavy atom. The molecule has 0 fully saturated rings. The summed E-state index contributed by atoms with van der Waals surface area (Å²) in [4.78, 5) is 24.6. The molecule has 0 aliphatic heterocycles. The molecule has 2 aromatic rings. The Balaban J connectivity index is 1.79. The molecule has 0 aliphatic carbocycles. The molecule has 1 aromatic heterocycles. The van der Waals surface area contributed by atoms with E-state index >= 15 is 0 Å². The third-order valence-electron chi connectivity index (χ3n) is 2.81. The van der Waals surface area contributed by atoms with Crippen molar-refractivity contribution in [3.8, 4) is 0 Å². The number of hydrogen-bond donors (Lipinski definition) is 2. The number of carbonyl (C=O) groups is 2. The molecule has 7 heteroatoms. The molecule has 0 unspecified atom stereocenters. The highest BCUT2D eigenvalue weighted by Gasteiger charge is 2.07. The summed E-state index contributed by atoms with van der Waals surface area (Å²) in [5.41, 5.74) is 3.77. The normalized spacial score (nSPS) is 11.1. The SMILES string of the molecule is CC(CC(=O)Nc1cccc(I)c1)=NNC(=O)Cc1cccs1. The average molecular weight is 441 g/mol. The van der Waals surface area contributed by atoms with Gasteiger partial charge >= 0.3 is 0 Å². The average Bonchev–Trinajstić information content (AvgIpc) is 2.98. The van der Waals surface area contributed by atoms with Crippen molar-refractivity contribution in [2.24, 2.45) is 5.10 Å². The van der Waals surface area contributed by atoms with Gasteiger partial charge in [-0.2, -0.15) is 5.10 Å². The van der Waals surface area contributed by atoms with Gasteiger partial charge in [-0.15, -0.1) is 11.3 Å².